The first kappa shape index (κ1) is 18.2. The van der Waals surface area contributed by atoms with Crippen LogP contribution in [0, 0.1) is 12.7 Å². The van der Waals surface area contributed by atoms with E-state index in [1.54, 1.807) is 25.1 Å². The van der Waals surface area contributed by atoms with Gasteiger partial charge in [0, 0.05) is 22.2 Å². The second kappa shape index (κ2) is 7.35. The van der Waals surface area contributed by atoms with Gasteiger partial charge in [0.25, 0.3) is 5.91 Å². The Morgan fingerprint density at radius 2 is 2.00 bits per heavy atom. The van der Waals surface area contributed by atoms with Crippen LogP contribution < -0.4 is 5.32 Å². The molecule has 1 heterocycles. The van der Waals surface area contributed by atoms with E-state index >= 15 is 0 Å². The third-order valence-electron chi connectivity index (χ3n) is 4.05. The van der Waals surface area contributed by atoms with Crippen molar-refractivity contribution in [3.63, 3.8) is 0 Å². The van der Waals surface area contributed by atoms with Crippen LogP contribution in [0.3, 0.4) is 0 Å². The fourth-order valence-electron chi connectivity index (χ4n) is 2.55. The fourth-order valence-corrected chi connectivity index (χ4v) is 3.34. The maximum absolute atomic E-state index is 13.0. The van der Waals surface area contributed by atoms with Gasteiger partial charge in [0.2, 0.25) is 0 Å². The number of aromatic nitrogens is 1. The van der Waals surface area contributed by atoms with Gasteiger partial charge >= 0.3 is 0 Å². The Labute approximate surface area is 155 Å². The first-order valence-electron chi connectivity index (χ1n) is 8.14. The van der Waals surface area contributed by atoms with Crippen molar-refractivity contribution in [2.75, 3.05) is 6.54 Å². The monoisotopic (exact) mass is 370 g/mol. The molecule has 1 aromatic heterocycles. The molecule has 0 aliphatic heterocycles. The van der Waals surface area contributed by atoms with Gasteiger partial charge in [-0.15, -0.1) is 11.3 Å². The van der Waals surface area contributed by atoms with Gasteiger partial charge in [0.05, 0.1) is 6.54 Å². The molecule has 0 aliphatic carbocycles. The van der Waals surface area contributed by atoms with Crippen molar-refractivity contribution in [3.05, 3.63) is 76.5 Å². The van der Waals surface area contributed by atoms with Crippen LogP contribution in [0.2, 0.25) is 0 Å². The molecule has 2 N–H and O–H groups in total. The lowest BCUT2D eigenvalue weighted by Gasteiger charge is -2.24. The van der Waals surface area contributed by atoms with E-state index in [1.165, 1.54) is 35.6 Å². The SMILES string of the molecule is Cc1csc(-c2cccc(C(=O)NCC(C)(O)c3ccc(F)cc3)c2)n1. The molecule has 1 unspecified atom stereocenters. The molecule has 0 aliphatic rings. The molecule has 0 saturated carbocycles. The maximum atomic E-state index is 13.0. The number of thiazole rings is 1. The molecule has 0 bridgehead atoms. The normalized spacial score (nSPS) is 13.2. The summed E-state index contributed by atoms with van der Waals surface area (Å²) < 4.78 is 13.0. The Morgan fingerprint density at radius 3 is 2.65 bits per heavy atom. The van der Waals surface area contributed by atoms with Gasteiger partial charge in [-0.2, -0.15) is 0 Å². The summed E-state index contributed by atoms with van der Waals surface area (Å²) in [6, 6.07) is 12.8. The fraction of sp³-hybridized carbons (Fsp3) is 0.200. The summed E-state index contributed by atoms with van der Waals surface area (Å²) in [4.78, 5) is 16.9. The Kier molecular flexibility index (Phi) is 5.15. The summed E-state index contributed by atoms with van der Waals surface area (Å²) >= 11 is 1.53. The van der Waals surface area contributed by atoms with E-state index in [0.717, 1.165) is 16.3 Å². The number of aliphatic hydroxyl groups is 1. The van der Waals surface area contributed by atoms with Crippen LogP contribution in [0.1, 0.15) is 28.5 Å². The minimum atomic E-state index is -1.30. The Hall–Kier alpha value is -2.57. The van der Waals surface area contributed by atoms with Crippen LogP contribution in [0.4, 0.5) is 4.39 Å². The molecular formula is C20H19FN2O2S. The number of benzene rings is 2. The summed E-state index contributed by atoms with van der Waals surface area (Å²) in [5, 5.41) is 16.1. The lowest BCUT2D eigenvalue weighted by molar-refractivity contribution is 0.0526. The number of hydrogen-bond donors (Lipinski definition) is 2. The van der Waals surface area contributed by atoms with Crippen molar-refractivity contribution in [3.8, 4) is 10.6 Å². The van der Waals surface area contributed by atoms with Crippen molar-refractivity contribution in [2.45, 2.75) is 19.4 Å². The second-order valence-electron chi connectivity index (χ2n) is 6.34. The van der Waals surface area contributed by atoms with Gasteiger partial charge in [-0.3, -0.25) is 4.79 Å². The predicted octanol–water partition coefficient (Wildman–Crippen LogP) is 3.90. The lowest BCUT2D eigenvalue weighted by atomic mass is 9.96. The highest BCUT2D eigenvalue weighted by Gasteiger charge is 2.24. The quantitative estimate of drug-likeness (QED) is 0.716. The van der Waals surface area contributed by atoms with Crippen molar-refractivity contribution in [1.29, 1.82) is 0 Å². The number of hydrogen-bond acceptors (Lipinski definition) is 4. The van der Waals surface area contributed by atoms with Crippen molar-refractivity contribution in [2.24, 2.45) is 0 Å². The zero-order chi connectivity index (χ0) is 18.7. The van der Waals surface area contributed by atoms with Crippen molar-refractivity contribution >= 4 is 17.2 Å². The molecule has 134 valence electrons. The van der Waals surface area contributed by atoms with Gasteiger partial charge in [-0.1, -0.05) is 24.3 Å². The van der Waals surface area contributed by atoms with Crippen molar-refractivity contribution < 1.29 is 14.3 Å². The first-order chi connectivity index (χ1) is 12.3. The Bertz CT molecular complexity index is 920. The van der Waals surface area contributed by atoms with Crippen molar-refractivity contribution in [1.82, 2.24) is 10.3 Å². The summed E-state index contributed by atoms with van der Waals surface area (Å²) in [6.07, 6.45) is 0. The molecule has 1 atom stereocenters. The smallest absolute Gasteiger partial charge is 0.251 e. The zero-order valence-electron chi connectivity index (χ0n) is 14.5. The molecule has 0 radical (unpaired) electrons. The number of rotatable bonds is 5. The van der Waals surface area contributed by atoms with Crippen LogP contribution in [-0.2, 0) is 5.60 Å². The van der Waals surface area contributed by atoms with E-state index < -0.39 is 5.60 Å². The van der Waals surface area contributed by atoms with Gasteiger partial charge in [-0.05, 0) is 43.7 Å². The van der Waals surface area contributed by atoms with Gasteiger partial charge in [0.1, 0.15) is 16.4 Å². The number of amides is 1. The predicted molar refractivity (Wildman–Crippen MR) is 101 cm³/mol. The lowest BCUT2D eigenvalue weighted by Crippen LogP contribution is -2.38. The van der Waals surface area contributed by atoms with Crippen LogP contribution in [0.5, 0.6) is 0 Å². The van der Waals surface area contributed by atoms with E-state index in [2.05, 4.69) is 10.3 Å². The van der Waals surface area contributed by atoms with Gasteiger partial charge in [0.15, 0.2) is 0 Å². The molecule has 0 spiro atoms. The third-order valence-corrected chi connectivity index (χ3v) is 5.06. The molecule has 0 fully saturated rings. The Balaban J connectivity index is 1.71. The highest BCUT2D eigenvalue weighted by atomic mass is 32.1. The van der Waals surface area contributed by atoms with Crippen LogP contribution >= 0.6 is 11.3 Å². The number of nitrogens with one attached hydrogen (secondary N) is 1. The van der Waals surface area contributed by atoms with Crippen LogP contribution in [0.15, 0.2) is 53.9 Å². The second-order valence-corrected chi connectivity index (χ2v) is 7.20. The average Bonchev–Trinajstić information content (AvgIpc) is 3.07. The summed E-state index contributed by atoms with van der Waals surface area (Å²) in [7, 11) is 0. The maximum Gasteiger partial charge on any atom is 0.251 e. The summed E-state index contributed by atoms with van der Waals surface area (Å²) in [5.41, 5.74) is 1.54. The summed E-state index contributed by atoms with van der Waals surface area (Å²) in [6.45, 7) is 3.52. The minimum Gasteiger partial charge on any atom is -0.384 e. The topological polar surface area (TPSA) is 62.2 Å². The average molecular weight is 370 g/mol. The van der Waals surface area contributed by atoms with E-state index in [9.17, 15) is 14.3 Å². The van der Waals surface area contributed by atoms with Gasteiger partial charge < -0.3 is 10.4 Å². The number of nitrogens with zero attached hydrogens (tertiary/aromatic N) is 1. The first-order valence-corrected chi connectivity index (χ1v) is 9.02. The minimum absolute atomic E-state index is 0.0120. The van der Waals surface area contributed by atoms with Gasteiger partial charge in [-0.25, -0.2) is 9.37 Å². The molecular weight excluding hydrogens is 351 g/mol. The molecule has 6 heteroatoms. The molecule has 2 aromatic carbocycles. The number of halogens is 1. The molecule has 4 nitrogen and oxygen atoms in total. The van der Waals surface area contributed by atoms with E-state index in [-0.39, 0.29) is 18.3 Å². The molecule has 3 rings (SSSR count). The zero-order valence-corrected chi connectivity index (χ0v) is 15.3. The molecule has 1 amide bonds. The standard InChI is InChI=1S/C20H19FN2O2S/c1-13-11-26-19(23-13)15-5-3-4-14(10-15)18(24)22-12-20(2,25)16-6-8-17(21)9-7-16/h3-11,25H,12H2,1-2H3,(H,22,24). The number of aryl methyl sites for hydroxylation is 1. The van der Waals surface area contributed by atoms with Crippen LogP contribution in [0.25, 0.3) is 10.6 Å². The third kappa shape index (κ3) is 4.15. The molecule has 3 aromatic rings. The highest BCUT2D eigenvalue weighted by Crippen LogP contribution is 2.24. The van der Waals surface area contributed by atoms with Crippen LogP contribution in [-0.4, -0.2) is 22.5 Å². The number of carbonyl (C=O) groups excluding carboxylic acids is 1. The number of carbonyl (C=O) groups is 1. The Morgan fingerprint density at radius 1 is 1.27 bits per heavy atom. The molecule has 0 saturated heterocycles. The van der Waals surface area contributed by atoms with E-state index in [1.807, 2.05) is 18.4 Å². The summed E-state index contributed by atoms with van der Waals surface area (Å²) in [5.74, 6) is -0.662. The molecule has 26 heavy (non-hydrogen) atoms. The van der Waals surface area contributed by atoms with E-state index in [0.29, 0.717) is 11.1 Å². The van der Waals surface area contributed by atoms with E-state index in [4.69, 9.17) is 0 Å². The largest absolute Gasteiger partial charge is 0.384 e. The highest BCUT2D eigenvalue weighted by molar-refractivity contribution is 7.13.